The summed E-state index contributed by atoms with van der Waals surface area (Å²) in [6.07, 6.45) is 6.82. The van der Waals surface area contributed by atoms with Crippen LogP contribution in [0.2, 0.25) is 0 Å². The highest BCUT2D eigenvalue weighted by Gasteiger charge is 2.12. The van der Waals surface area contributed by atoms with Crippen LogP contribution < -0.4 is 4.74 Å². The topological polar surface area (TPSA) is 36.3 Å². The first-order valence-corrected chi connectivity index (χ1v) is 6.47. The summed E-state index contributed by atoms with van der Waals surface area (Å²) in [5, 5.41) is 0. The first-order valence-electron chi connectivity index (χ1n) is 6.47. The normalized spacial score (nSPS) is 11.8. The second-order valence-electron chi connectivity index (χ2n) is 4.42. The molecule has 4 heteroatoms. The summed E-state index contributed by atoms with van der Waals surface area (Å²) in [7, 11) is 0. The van der Waals surface area contributed by atoms with Crippen molar-refractivity contribution in [2.45, 2.75) is 26.7 Å². The number of imidazole rings is 1. The van der Waals surface area contributed by atoms with Crippen LogP contribution in [0.1, 0.15) is 24.4 Å². The van der Waals surface area contributed by atoms with Crippen LogP contribution in [0.15, 0.2) is 36.5 Å². The minimum absolute atomic E-state index is 0.0568. The molecule has 20 heavy (non-hydrogen) atoms. The summed E-state index contributed by atoms with van der Waals surface area (Å²) in [6.45, 7) is 4.52. The molecule has 1 aromatic heterocycles. The van der Waals surface area contributed by atoms with Crippen LogP contribution in [0.5, 0.6) is 5.88 Å². The summed E-state index contributed by atoms with van der Waals surface area (Å²) in [5.41, 5.74) is 1.11. The number of aromatic nitrogens is 2. The molecule has 0 N–H and O–H groups in total. The Bertz CT molecular complexity index is 584. The number of aryl methyl sites for hydroxylation is 1. The van der Waals surface area contributed by atoms with Crippen molar-refractivity contribution in [3.05, 3.63) is 47.9 Å². The third kappa shape index (κ3) is 3.40. The van der Waals surface area contributed by atoms with E-state index in [1.165, 1.54) is 0 Å². The molecular formula is C16H18N2O2. The molecule has 1 heterocycles. The Morgan fingerprint density at radius 3 is 2.80 bits per heavy atom. The SMILES string of the molecule is C#CCOCn1c(O[C@@H](C)c2ccccc2)cnc1C. The molecule has 0 amide bonds. The van der Waals surface area contributed by atoms with Gasteiger partial charge in [0.2, 0.25) is 5.88 Å². The van der Waals surface area contributed by atoms with Crippen LogP contribution in [0, 0.1) is 19.3 Å². The fourth-order valence-electron chi connectivity index (χ4n) is 1.87. The van der Waals surface area contributed by atoms with E-state index in [1.54, 1.807) is 6.20 Å². The van der Waals surface area contributed by atoms with Gasteiger partial charge < -0.3 is 9.47 Å². The van der Waals surface area contributed by atoms with E-state index in [-0.39, 0.29) is 12.7 Å². The summed E-state index contributed by atoms with van der Waals surface area (Å²) < 4.78 is 13.2. The van der Waals surface area contributed by atoms with Gasteiger partial charge in [-0.15, -0.1) is 6.42 Å². The van der Waals surface area contributed by atoms with Gasteiger partial charge in [0.25, 0.3) is 0 Å². The van der Waals surface area contributed by atoms with E-state index in [4.69, 9.17) is 15.9 Å². The van der Waals surface area contributed by atoms with Gasteiger partial charge >= 0.3 is 0 Å². The lowest BCUT2D eigenvalue weighted by Gasteiger charge is -2.16. The van der Waals surface area contributed by atoms with E-state index in [1.807, 2.05) is 48.7 Å². The number of benzene rings is 1. The predicted molar refractivity (Wildman–Crippen MR) is 77.2 cm³/mol. The van der Waals surface area contributed by atoms with Crippen LogP contribution in [-0.2, 0) is 11.5 Å². The van der Waals surface area contributed by atoms with Crippen molar-refractivity contribution < 1.29 is 9.47 Å². The van der Waals surface area contributed by atoms with Crippen LogP contribution >= 0.6 is 0 Å². The second-order valence-corrected chi connectivity index (χ2v) is 4.42. The number of ether oxygens (including phenoxy) is 2. The Morgan fingerprint density at radius 1 is 1.35 bits per heavy atom. The summed E-state index contributed by atoms with van der Waals surface area (Å²) in [5.74, 6) is 3.95. The van der Waals surface area contributed by atoms with Gasteiger partial charge in [0, 0.05) is 0 Å². The molecule has 2 aromatic rings. The average molecular weight is 270 g/mol. The van der Waals surface area contributed by atoms with Gasteiger partial charge in [-0.3, -0.25) is 4.57 Å². The third-order valence-electron chi connectivity index (χ3n) is 2.99. The quantitative estimate of drug-likeness (QED) is 0.598. The lowest BCUT2D eigenvalue weighted by Crippen LogP contribution is -2.10. The minimum atomic E-state index is -0.0568. The van der Waals surface area contributed by atoms with E-state index in [0.29, 0.717) is 12.6 Å². The van der Waals surface area contributed by atoms with Crippen molar-refractivity contribution in [2.75, 3.05) is 6.61 Å². The fourth-order valence-corrected chi connectivity index (χ4v) is 1.87. The Morgan fingerprint density at radius 2 is 2.10 bits per heavy atom. The van der Waals surface area contributed by atoms with E-state index in [2.05, 4.69) is 10.9 Å². The molecule has 0 aliphatic heterocycles. The first-order chi connectivity index (χ1) is 9.72. The van der Waals surface area contributed by atoms with Gasteiger partial charge in [-0.25, -0.2) is 4.98 Å². The molecule has 0 bridgehead atoms. The molecule has 0 fully saturated rings. The smallest absolute Gasteiger partial charge is 0.216 e. The molecule has 4 nitrogen and oxygen atoms in total. The average Bonchev–Trinajstić information content (AvgIpc) is 2.81. The zero-order valence-corrected chi connectivity index (χ0v) is 11.7. The monoisotopic (exact) mass is 270 g/mol. The van der Waals surface area contributed by atoms with E-state index < -0.39 is 0 Å². The molecule has 104 valence electrons. The maximum Gasteiger partial charge on any atom is 0.216 e. The summed E-state index contributed by atoms with van der Waals surface area (Å²) in [4.78, 5) is 4.25. The van der Waals surface area contributed by atoms with Crippen molar-refractivity contribution in [1.82, 2.24) is 9.55 Å². The molecule has 0 spiro atoms. The molecule has 0 aliphatic carbocycles. The van der Waals surface area contributed by atoms with Crippen LogP contribution in [-0.4, -0.2) is 16.2 Å². The van der Waals surface area contributed by atoms with Crippen molar-refractivity contribution in [2.24, 2.45) is 0 Å². The van der Waals surface area contributed by atoms with E-state index in [9.17, 15) is 0 Å². The standard InChI is InChI=1S/C16H18N2O2/c1-4-10-19-12-18-14(3)17-11-16(18)20-13(2)15-8-6-5-7-9-15/h1,5-9,11,13H,10,12H2,2-3H3/t13-/m0/s1. The fraction of sp³-hybridized carbons (Fsp3) is 0.312. The number of nitrogens with zero attached hydrogens (tertiary/aromatic N) is 2. The minimum Gasteiger partial charge on any atom is -0.470 e. The molecule has 0 aliphatic rings. The van der Waals surface area contributed by atoms with Crippen molar-refractivity contribution >= 4 is 0 Å². The molecule has 0 saturated carbocycles. The molecule has 1 aromatic carbocycles. The van der Waals surface area contributed by atoms with Crippen LogP contribution in [0.25, 0.3) is 0 Å². The molecular weight excluding hydrogens is 252 g/mol. The van der Waals surface area contributed by atoms with Crippen LogP contribution in [0.3, 0.4) is 0 Å². The van der Waals surface area contributed by atoms with Crippen molar-refractivity contribution in [3.63, 3.8) is 0 Å². The van der Waals surface area contributed by atoms with Crippen molar-refractivity contribution in [1.29, 1.82) is 0 Å². The first kappa shape index (κ1) is 14.2. The highest BCUT2D eigenvalue weighted by molar-refractivity contribution is 5.19. The lowest BCUT2D eigenvalue weighted by atomic mass is 10.1. The van der Waals surface area contributed by atoms with Gasteiger partial charge in [-0.05, 0) is 19.4 Å². The zero-order chi connectivity index (χ0) is 14.4. The summed E-state index contributed by atoms with van der Waals surface area (Å²) >= 11 is 0. The predicted octanol–water partition coefficient (Wildman–Crippen LogP) is 2.94. The Kier molecular flexibility index (Phi) is 4.80. The molecule has 0 saturated heterocycles. The van der Waals surface area contributed by atoms with Gasteiger partial charge in [0.05, 0.1) is 6.20 Å². The summed E-state index contributed by atoms with van der Waals surface area (Å²) in [6, 6.07) is 10.0. The highest BCUT2D eigenvalue weighted by Crippen LogP contribution is 2.22. The molecule has 2 rings (SSSR count). The molecule has 1 atom stereocenters. The van der Waals surface area contributed by atoms with Gasteiger partial charge in [0.15, 0.2) is 0 Å². The van der Waals surface area contributed by atoms with E-state index in [0.717, 1.165) is 11.4 Å². The van der Waals surface area contributed by atoms with E-state index >= 15 is 0 Å². The van der Waals surface area contributed by atoms with Gasteiger partial charge in [-0.1, -0.05) is 36.3 Å². The largest absolute Gasteiger partial charge is 0.470 e. The number of terminal acetylenes is 1. The molecule has 0 radical (unpaired) electrons. The highest BCUT2D eigenvalue weighted by atomic mass is 16.5. The number of hydrogen-bond acceptors (Lipinski definition) is 3. The maximum absolute atomic E-state index is 5.95. The number of rotatable bonds is 6. The number of hydrogen-bond donors (Lipinski definition) is 0. The second kappa shape index (κ2) is 6.78. The maximum atomic E-state index is 5.95. The van der Waals surface area contributed by atoms with Gasteiger partial charge in [-0.2, -0.15) is 0 Å². The Labute approximate surface area is 119 Å². The Hall–Kier alpha value is -2.25. The Balaban J connectivity index is 2.08. The molecule has 0 unspecified atom stereocenters. The third-order valence-corrected chi connectivity index (χ3v) is 2.99. The zero-order valence-electron chi connectivity index (χ0n) is 11.7. The van der Waals surface area contributed by atoms with Gasteiger partial charge in [0.1, 0.15) is 25.3 Å². The lowest BCUT2D eigenvalue weighted by molar-refractivity contribution is 0.0884. The van der Waals surface area contributed by atoms with Crippen molar-refractivity contribution in [3.8, 4) is 18.2 Å². The van der Waals surface area contributed by atoms with Crippen LogP contribution in [0.4, 0.5) is 0 Å².